The molecule has 0 aliphatic carbocycles. The molecule has 1 aromatic carbocycles. The summed E-state index contributed by atoms with van der Waals surface area (Å²) >= 11 is 0. The third-order valence-electron chi connectivity index (χ3n) is 3.91. The Morgan fingerprint density at radius 1 is 1.32 bits per heavy atom. The third-order valence-corrected chi connectivity index (χ3v) is 3.91. The molecule has 0 spiro atoms. The molecule has 0 aliphatic heterocycles. The summed E-state index contributed by atoms with van der Waals surface area (Å²) in [7, 11) is 0. The van der Waals surface area contributed by atoms with E-state index in [4.69, 9.17) is 4.52 Å². The molecule has 3 aromatic rings. The highest BCUT2D eigenvalue weighted by Gasteiger charge is 2.16. The van der Waals surface area contributed by atoms with E-state index in [0.717, 1.165) is 6.42 Å². The molecule has 25 heavy (non-hydrogen) atoms. The molecule has 0 aliphatic rings. The molecule has 2 aromatic heterocycles. The molecule has 0 unspecified atom stereocenters. The highest BCUT2D eigenvalue weighted by molar-refractivity contribution is 5.76. The van der Waals surface area contributed by atoms with Crippen molar-refractivity contribution in [3.8, 4) is 23.0 Å². The summed E-state index contributed by atoms with van der Waals surface area (Å²) in [5.41, 5.74) is 1.31. The molecule has 7 heteroatoms. The normalized spacial score (nSPS) is 12.1. The molecule has 1 atom stereocenters. The lowest BCUT2D eigenvalue weighted by Crippen LogP contribution is -2.34. The van der Waals surface area contributed by atoms with Crippen LogP contribution in [0.2, 0.25) is 0 Å². The van der Waals surface area contributed by atoms with E-state index in [1.165, 1.54) is 12.1 Å². The van der Waals surface area contributed by atoms with Gasteiger partial charge in [0.15, 0.2) is 0 Å². The predicted octanol–water partition coefficient (Wildman–Crippen LogP) is 3.26. The van der Waals surface area contributed by atoms with Gasteiger partial charge in [0.25, 0.3) is 5.89 Å². The Balaban J connectivity index is 1.78. The number of aromatic nitrogens is 3. The molecular weight excluding hydrogens is 323 g/mol. The van der Waals surface area contributed by atoms with E-state index >= 15 is 0 Å². The van der Waals surface area contributed by atoms with Crippen LogP contribution < -0.4 is 5.32 Å². The smallest absolute Gasteiger partial charge is 0.274 e. The van der Waals surface area contributed by atoms with E-state index in [1.807, 2.05) is 19.9 Å². The molecule has 0 radical (unpaired) electrons. The van der Waals surface area contributed by atoms with Gasteiger partial charge in [-0.1, -0.05) is 12.1 Å². The summed E-state index contributed by atoms with van der Waals surface area (Å²) in [6.07, 6.45) is 2.66. The van der Waals surface area contributed by atoms with Crippen LogP contribution in [0, 0.1) is 5.82 Å². The second-order valence-electron chi connectivity index (χ2n) is 5.83. The Hall–Kier alpha value is -2.96. The highest BCUT2D eigenvalue weighted by atomic mass is 19.1. The van der Waals surface area contributed by atoms with Crippen LogP contribution >= 0.6 is 0 Å². The Labute approximate surface area is 144 Å². The van der Waals surface area contributed by atoms with Crippen molar-refractivity contribution in [1.82, 2.24) is 20.0 Å². The fourth-order valence-electron chi connectivity index (χ4n) is 2.37. The van der Waals surface area contributed by atoms with Gasteiger partial charge < -0.3 is 14.4 Å². The first kappa shape index (κ1) is 16.9. The number of hydrogen-bond donors (Lipinski definition) is 1. The second-order valence-corrected chi connectivity index (χ2v) is 5.83. The fraction of sp³-hybridized carbons (Fsp3) is 0.278. The Bertz CT molecular complexity index is 854. The van der Waals surface area contributed by atoms with E-state index in [9.17, 15) is 9.18 Å². The van der Waals surface area contributed by atoms with Crippen molar-refractivity contribution >= 4 is 5.91 Å². The average molecular weight is 342 g/mol. The number of nitrogens with zero attached hydrogens (tertiary/aromatic N) is 3. The van der Waals surface area contributed by atoms with Gasteiger partial charge in [-0.05, 0) is 49.7 Å². The monoisotopic (exact) mass is 342 g/mol. The molecular formula is C18H19FN4O2. The average Bonchev–Trinajstić information content (AvgIpc) is 3.24. The predicted molar refractivity (Wildman–Crippen MR) is 91.0 cm³/mol. The van der Waals surface area contributed by atoms with Crippen LogP contribution in [-0.2, 0) is 11.3 Å². The van der Waals surface area contributed by atoms with Gasteiger partial charge in [-0.25, -0.2) is 4.39 Å². The summed E-state index contributed by atoms with van der Waals surface area (Å²) in [6.45, 7) is 4.14. The summed E-state index contributed by atoms with van der Waals surface area (Å²) in [6, 6.07) is 9.60. The molecule has 130 valence electrons. The van der Waals surface area contributed by atoms with Crippen molar-refractivity contribution in [3.63, 3.8) is 0 Å². The first-order valence-corrected chi connectivity index (χ1v) is 8.11. The van der Waals surface area contributed by atoms with Crippen molar-refractivity contribution in [3.05, 3.63) is 48.4 Å². The van der Waals surface area contributed by atoms with Gasteiger partial charge in [0.05, 0.1) is 0 Å². The van der Waals surface area contributed by atoms with E-state index in [0.29, 0.717) is 23.0 Å². The summed E-state index contributed by atoms with van der Waals surface area (Å²) < 4.78 is 20.1. The quantitative estimate of drug-likeness (QED) is 0.746. The number of benzene rings is 1. The van der Waals surface area contributed by atoms with Gasteiger partial charge in [-0.15, -0.1) is 0 Å². The first-order chi connectivity index (χ1) is 12.1. The highest BCUT2D eigenvalue weighted by Crippen LogP contribution is 2.23. The topological polar surface area (TPSA) is 73.0 Å². The van der Waals surface area contributed by atoms with Crippen molar-refractivity contribution in [2.75, 3.05) is 0 Å². The number of hydrogen-bond acceptors (Lipinski definition) is 4. The molecule has 1 N–H and O–H groups in total. The van der Waals surface area contributed by atoms with Crippen molar-refractivity contribution in [2.45, 2.75) is 32.9 Å². The second kappa shape index (κ2) is 7.29. The van der Waals surface area contributed by atoms with Crippen LogP contribution in [0.3, 0.4) is 0 Å². The van der Waals surface area contributed by atoms with Crippen LogP contribution in [0.1, 0.15) is 20.3 Å². The Morgan fingerprint density at radius 3 is 2.80 bits per heavy atom. The number of halogens is 1. The largest absolute Gasteiger partial charge is 0.352 e. The molecule has 0 saturated carbocycles. The van der Waals surface area contributed by atoms with Gasteiger partial charge >= 0.3 is 0 Å². The van der Waals surface area contributed by atoms with Crippen LogP contribution in [-0.4, -0.2) is 26.7 Å². The lowest BCUT2D eigenvalue weighted by molar-refractivity contribution is -0.122. The number of nitrogens with one attached hydrogen (secondary N) is 1. The lowest BCUT2D eigenvalue weighted by atomic mass is 10.2. The first-order valence-electron chi connectivity index (χ1n) is 8.11. The molecule has 6 nitrogen and oxygen atoms in total. The number of carbonyl (C=O) groups excluding carboxylic acids is 1. The van der Waals surface area contributed by atoms with E-state index in [-0.39, 0.29) is 24.3 Å². The molecule has 0 saturated heterocycles. The minimum Gasteiger partial charge on any atom is -0.352 e. The third kappa shape index (κ3) is 3.93. The standard InChI is InChI=1S/C18H19FN4O2/c1-3-12(2)20-16(24)11-23-10-4-5-15(23)18-21-17(22-25-18)13-6-8-14(19)9-7-13/h4-10,12H,3,11H2,1-2H3,(H,20,24)/t12-/m0/s1. The zero-order valence-electron chi connectivity index (χ0n) is 14.1. The van der Waals surface area contributed by atoms with Gasteiger partial charge in [-0.3, -0.25) is 4.79 Å². The molecule has 1 amide bonds. The maximum atomic E-state index is 13.0. The van der Waals surface area contributed by atoms with E-state index < -0.39 is 0 Å². The fourth-order valence-corrected chi connectivity index (χ4v) is 2.37. The van der Waals surface area contributed by atoms with Crippen LogP contribution in [0.4, 0.5) is 4.39 Å². The number of rotatable bonds is 6. The van der Waals surface area contributed by atoms with Crippen molar-refractivity contribution in [1.29, 1.82) is 0 Å². The van der Waals surface area contributed by atoms with Gasteiger partial charge in [-0.2, -0.15) is 4.98 Å². The Kier molecular flexibility index (Phi) is 4.92. The maximum Gasteiger partial charge on any atom is 0.274 e. The van der Waals surface area contributed by atoms with Crippen LogP contribution in [0.5, 0.6) is 0 Å². The lowest BCUT2D eigenvalue weighted by Gasteiger charge is -2.12. The van der Waals surface area contributed by atoms with Gasteiger partial charge in [0, 0.05) is 17.8 Å². The van der Waals surface area contributed by atoms with E-state index in [1.54, 1.807) is 29.0 Å². The van der Waals surface area contributed by atoms with Gasteiger partial charge in [0.1, 0.15) is 18.1 Å². The zero-order valence-corrected chi connectivity index (χ0v) is 14.1. The van der Waals surface area contributed by atoms with Crippen molar-refractivity contribution < 1.29 is 13.7 Å². The molecule has 2 heterocycles. The summed E-state index contributed by atoms with van der Waals surface area (Å²) in [4.78, 5) is 16.4. The SMILES string of the molecule is CC[C@H](C)NC(=O)Cn1cccc1-c1nc(-c2ccc(F)cc2)no1. The minimum atomic E-state index is -0.325. The zero-order chi connectivity index (χ0) is 17.8. The number of carbonyl (C=O) groups is 1. The summed E-state index contributed by atoms with van der Waals surface area (Å²) in [5, 5.41) is 6.85. The maximum absolute atomic E-state index is 13.0. The molecule has 0 fully saturated rings. The van der Waals surface area contributed by atoms with Crippen LogP contribution in [0.25, 0.3) is 23.0 Å². The minimum absolute atomic E-state index is 0.0786. The molecule has 3 rings (SSSR count). The van der Waals surface area contributed by atoms with Crippen molar-refractivity contribution in [2.24, 2.45) is 0 Å². The number of amides is 1. The van der Waals surface area contributed by atoms with Gasteiger partial charge in [0.2, 0.25) is 11.7 Å². The molecule has 0 bridgehead atoms. The van der Waals surface area contributed by atoms with E-state index in [2.05, 4.69) is 15.5 Å². The van der Waals surface area contributed by atoms with Crippen LogP contribution in [0.15, 0.2) is 47.1 Å². The summed E-state index contributed by atoms with van der Waals surface area (Å²) in [5.74, 6) is 0.270. The Morgan fingerprint density at radius 2 is 2.08 bits per heavy atom.